The fourth-order valence-electron chi connectivity index (χ4n) is 7.03. The molecule has 8 rings (SSSR count). The third-order valence-electron chi connectivity index (χ3n) is 9.46. The molecule has 51 heavy (non-hydrogen) atoms. The van der Waals surface area contributed by atoms with Crippen molar-refractivity contribution in [2.24, 2.45) is 0 Å². The summed E-state index contributed by atoms with van der Waals surface area (Å²) in [6, 6.07) is 40.1. The molecule has 5 nitrogen and oxygen atoms in total. The van der Waals surface area contributed by atoms with Gasteiger partial charge in [0.05, 0.1) is 5.82 Å². The number of imidazole rings is 1. The van der Waals surface area contributed by atoms with E-state index in [1.54, 1.807) is 0 Å². The first kappa shape index (κ1) is 36.2. The van der Waals surface area contributed by atoms with Gasteiger partial charge in [-0.15, -0.1) is 42.0 Å². The van der Waals surface area contributed by atoms with Crippen molar-refractivity contribution in [3.8, 4) is 17.1 Å². The van der Waals surface area contributed by atoms with Crippen molar-refractivity contribution in [3.63, 3.8) is 0 Å². The second-order valence-corrected chi connectivity index (χ2v) is 14.7. The molecule has 260 valence electrons. The van der Waals surface area contributed by atoms with E-state index < -0.39 is 0 Å². The predicted molar refractivity (Wildman–Crippen MR) is 209 cm³/mol. The number of hydrogen-bond donors (Lipinski definition) is 0. The fourth-order valence-corrected chi connectivity index (χ4v) is 7.03. The molecule has 0 aliphatic carbocycles. The number of nitrogens with zero attached hydrogens (tertiary/aromatic N) is 4. The van der Waals surface area contributed by atoms with E-state index in [0.29, 0.717) is 11.8 Å². The number of anilines is 3. The van der Waals surface area contributed by atoms with Crippen molar-refractivity contribution in [1.82, 2.24) is 9.55 Å². The average Bonchev–Trinajstić information content (AvgIpc) is 3.84. The Bertz CT molecular complexity index is 2250. The zero-order valence-corrected chi connectivity index (χ0v) is 33.0. The molecular weight excluding hydrogens is 805 g/mol. The van der Waals surface area contributed by atoms with E-state index in [1.165, 1.54) is 33.8 Å². The third-order valence-corrected chi connectivity index (χ3v) is 9.46. The summed E-state index contributed by atoms with van der Waals surface area (Å²) in [7, 11) is 2.10. The molecule has 3 heterocycles. The number of aromatic nitrogens is 2. The molecule has 2 aromatic heterocycles. The van der Waals surface area contributed by atoms with Crippen molar-refractivity contribution in [2.75, 3.05) is 16.8 Å². The van der Waals surface area contributed by atoms with Gasteiger partial charge >= 0.3 is 20.1 Å². The third kappa shape index (κ3) is 6.75. The van der Waals surface area contributed by atoms with Crippen molar-refractivity contribution >= 4 is 39.0 Å². The van der Waals surface area contributed by atoms with Gasteiger partial charge in [-0.05, 0) is 58.5 Å². The minimum absolute atomic E-state index is 0. The number of fused-ring (bicyclic) bond motifs is 4. The van der Waals surface area contributed by atoms with Gasteiger partial charge in [0.1, 0.15) is 5.58 Å². The Labute approximate surface area is 316 Å². The van der Waals surface area contributed by atoms with E-state index in [2.05, 4.69) is 154 Å². The van der Waals surface area contributed by atoms with Crippen LogP contribution in [0.25, 0.3) is 39.0 Å². The molecule has 0 spiro atoms. The van der Waals surface area contributed by atoms with Crippen LogP contribution in [-0.2, 0) is 25.5 Å². The van der Waals surface area contributed by atoms with Crippen LogP contribution in [0.2, 0.25) is 0 Å². The van der Waals surface area contributed by atoms with Gasteiger partial charge < -0.3 is 18.8 Å². The number of benzene rings is 5. The Morgan fingerprint density at radius 1 is 0.745 bits per heavy atom. The average molecular weight is 850 g/mol. The smallest absolute Gasteiger partial charge is 0.504 e. The zero-order chi connectivity index (χ0) is 35.2. The summed E-state index contributed by atoms with van der Waals surface area (Å²) >= 11 is 0. The first-order chi connectivity index (χ1) is 24.0. The van der Waals surface area contributed by atoms with Gasteiger partial charge in [-0.25, -0.2) is 0 Å². The Balaban J connectivity index is 0.000000175. The maximum Gasteiger partial charge on any atom is 3.00 e. The quantitative estimate of drug-likeness (QED) is 0.162. The molecule has 0 bridgehead atoms. The summed E-state index contributed by atoms with van der Waals surface area (Å²) in [5.41, 5.74) is 11.6. The Morgan fingerprint density at radius 2 is 1.45 bits per heavy atom. The van der Waals surface area contributed by atoms with E-state index in [9.17, 15) is 0 Å². The minimum atomic E-state index is 0. The molecule has 0 radical (unpaired) electrons. The molecule has 0 amide bonds. The summed E-state index contributed by atoms with van der Waals surface area (Å²) in [4.78, 5) is 9.04. The van der Waals surface area contributed by atoms with Crippen molar-refractivity contribution < 1.29 is 24.5 Å². The van der Waals surface area contributed by atoms with Gasteiger partial charge in [0.2, 0.25) is 0 Å². The summed E-state index contributed by atoms with van der Waals surface area (Å²) in [5.74, 6) is 1.86. The molecule has 0 saturated carbocycles. The monoisotopic (exact) mass is 850 g/mol. The van der Waals surface area contributed by atoms with Crippen molar-refractivity contribution in [3.05, 3.63) is 145 Å². The van der Waals surface area contributed by atoms with Crippen molar-refractivity contribution in [1.29, 1.82) is 0 Å². The van der Waals surface area contributed by atoms with E-state index >= 15 is 0 Å². The molecule has 5 aromatic carbocycles. The SMILES string of the molecule is CC(C)c1cccc(C(C)C)c1-n1ccnc1-c1[c-]cccc1.CN1[CH-]N(c2[c-]ccc3oc4ccccc4c23)c2c1cccc2C(C)(C)C.[Ir+3]. The maximum absolute atomic E-state index is 6.09. The largest absolute Gasteiger partial charge is 3.00 e. The Morgan fingerprint density at radius 3 is 2.14 bits per heavy atom. The van der Waals surface area contributed by atoms with Crippen LogP contribution < -0.4 is 9.80 Å². The molecular formula is C45H45IrN4O. The number of rotatable bonds is 5. The molecule has 1 aliphatic heterocycles. The number of para-hydroxylation sites is 3. The van der Waals surface area contributed by atoms with E-state index in [-0.39, 0.29) is 25.5 Å². The molecule has 0 N–H and O–H groups in total. The molecule has 0 fully saturated rings. The van der Waals surface area contributed by atoms with E-state index in [4.69, 9.17) is 4.42 Å². The summed E-state index contributed by atoms with van der Waals surface area (Å²) < 4.78 is 8.31. The van der Waals surface area contributed by atoms with Gasteiger partial charge in [0, 0.05) is 35.0 Å². The molecule has 0 saturated heterocycles. The van der Waals surface area contributed by atoms with Crippen LogP contribution in [0, 0.1) is 18.8 Å². The molecule has 6 heteroatoms. The first-order valence-electron chi connectivity index (χ1n) is 17.5. The second kappa shape index (κ2) is 14.5. The molecule has 1 aliphatic rings. The summed E-state index contributed by atoms with van der Waals surface area (Å²) in [6.07, 6.45) is 3.93. The maximum atomic E-state index is 6.09. The van der Waals surface area contributed by atoms with Crippen LogP contribution >= 0.6 is 0 Å². The van der Waals surface area contributed by atoms with Crippen LogP contribution in [0.15, 0.2) is 114 Å². The van der Waals surface area contributed by atoms with E-state index in [0.717, 1.165) is 39.0 Å². The minimum Gasteiger partial charge on any atom is -0.504 e. The van der Waals surface area contributed by atoms with Gasteiger partial charge in [0.15, 0.2) is 0 Å². The molecule has 0 unspecified atom stereocenters. The molecule has 7 aromatic rings. The van der Waals surface area contributed by atoms with Crippen LogP contribution in [-0.4, -0.2) is 16.6 Å². The number of hydrogen-bond acceptors (Lipinski definition) is 4. The van der Waals surface area contributed by atoms with Gasteiger partial charge in [0.25, 0.3) is 0 Å². The predicted octanol–water partition coefficient (Wildman–Crippen LogP) is 12.0. The van der Waals surface area contributed by atoms with Crippen LogP contribution in [0.3, 0.4) is 0 Å². The normalized spacial score (nSPS) is 12.7. The fraction of sp³-hybridized carbons (Fsp3) is 0.244. The Kier molecular flexibility index (Phi) is 10.3. The van der Waals surface area contributed by atoms with E-state index in [1.807, 2.05) is 48.7 Å². The topological polar surface area (TPSA) is 37.4 Å². The Hall–Kier alpha value is -4.64. The van der Waals surface area contributed by atoms with Gasteiger partial charge in [-0.1, -0.05) is 108 Å². The number of furan rings is 1. The summed E-state index contributed by atoms with van der Waals surface area (Å²) in [6.45, 7) is 17.9. The van der Waals surface area contributed by atoms with Gasteiger partial charge in [-0.3, -0.25) is 4.98 Å². The molecule has 0 atom stereocenters. The standard InChI is InChI=1S/C24H22N2O.C21H23N2.Ir/c1-24(2,3)17-10-7-12-19-23(17)26(15-25(19)4)18-11-8-14-21-22(18)16-9-5-6-13-20(16)27-21;1-15(2)18-11-8-12-19(16(3)4)20(18)23-14-13-22-21(23)17-9-6-5-7-10-17;/h5-10,12-15H,1-4H3;5-9,11-16H,1-4H3;/q-2;-1;+3. The zero-order valence-electron chi connectivity index (χ0n) is 30.7. The first-order valence-corrected chi connectivity index (χ1v) is 17.5. The van der Waals surface area contributed by atoms with Crippen LogP contribution in [0.5, 0.6) is 0 Å². The van der Waals surface area contributed by atoms with Gasteiger partial charge in [-0.2, -0.15) is 18.8 Å². The summed E-state index contributed by atoms with van der Waals surface area (Å²) in [5, 5.41) is 2.23. The van der Waals surface area contributed by atoms with Crippen LogP contribution in [0.1, 0.15) is 77.0 Å². The second-order valence-electron chi connectivity index (χ2n) is 14.7. The van der Waals surface area contributed by atoms with Crippen molar-refractivity contribution in [2.45, 2.75) is 65.7 Å². The van der Waals surface area contributed by atoms with Crippen LogP contribution in [0.4, 0.5) is 17.1 Å².